The van der Waals surface area contributed by atoms with Crippen LogP contribution in [-0.2, 0) is 9.59 Å². The molecule has 3 heteroatoms. The van der Waals surface area contributed by atoms with Crippen molar-refractivity contribution in [3.8, 4) is 0 Å². The highest BCUT2D eigenvalue weighted by atomic mass is 16.2. The highest BCUT2D eigenvalue weighted by Crippen LogP contribution is 2.24. The van der Waals surface area contributed by atoms with Crippen molar-refractivity contribution in [3.63, 3.8) is 0 Å². The average Bonchev–Trinajstić information content (AvgIpc) is 2.24. The molecule has 0 aromatic rings. The fraction of sp³-hybridized carbons (Fsp3) is 0.750. The van der Waals surface area contributed by atoms with E-state index in [0.717, 1.165) is 12.8 Å². The quantitative estimate of drug-likeness (QED) is 0.596. The van der Waals surface area contributed by atoms with Crippen LogP contribution in [0.5, 0.6) is 0 Å². The van der Waals surface area contributed by atoms with E-state index < -0.39 is 0 Å². The van der Waals surface area contributed by atoms with E-state index in [0.29, 0.717) is 0 Å². The fourth-order valence-corrected chi connectivity index (χ4v) is 1.61. The van der Waals surface area contributed by atoms with E-state index in [1.165, 1.54) is 0 Å². The van der Waals surface area contributed by atoms with Gasteiger partial charge in [0.15, 0.2) is 0 Å². The molecule has 1 aliphatic rings. The standard InChI is InChI=1S/C8H13NO2/c1-3-5-6(4-2)8(11)9-7(5)10/h5-6H,3-4H2,1-2H3,(H,9,10,11)/t5-,6+. The zero-order chi connectivity index (χ0) is 8.43. The van der Waals surface area contributed by atoms with Crippen LogP contribution in [0.1, 0.15) is 26.7 Å². The number of hydrogen-bond donors (Lipinski definition) is 1. The maximum atomic E-state index is 11.1. The van der Waals surface area contributed by atoms with Crippen LogP contribution in [-0.4, -0.2) is 11.8 Å². The average molecular weight is 155 g/mol. The summed E-state index contributed by atoms with van der Waals surface area (Å²) in [5, 5.41) is 2.34. The summed E-state index contributed by atoms with van der Waals surface area (Å²) >= 11 is 0. The molecule has 3 nitrogen and oxygen atoms in total. The van der Waals surface area contributed by atoms with Crippen LogP contribution in [0.2, 0.25) is 0 Å². The molecule has 0 bridgehead atoms. The molecule has 11 heavy (non-hydrogen) atoms. The van der Waals surface area contributed by atoms with E-state index in [4.69, 9.17) is 0 Å². The van der Waals surface area contributed by atoms with Gasteiger partial charge in [0.1, 0.15) is 0 Å². The van der Waals surface area contributed by atoms with Gasteiger partial charge >= 0.3 is 0 Å². The Labute approximate surface area is 66.2 Å². The summed E-state index contributed by atoms with van der Waals surface area (Å²) in [6.07, 6.45) is 1.52. The Morgan fingerprint density at radius 3 is 1.73 bits per heavy atom. The van der Waals surface area contributed by atoms with Crippen LogP contribution in [0.15, 0.2) is 0 Å². The van der Waals surface area contributed by atoms with Gasteiger partial charge in [-0.1, -0.05) is 13.8 Å². The highest BCUT2D eigenvalue weighted by molar-refractivity contribution is 6.04. The Morgan fingerprint density at radius 1 is 1.09 bits per heavy atom. The molecule has 0 radical (unpaired) electrons. The van der Waals surface area contributed by atoms with Gasteiger partial charge in [-0.05, 0) is 12.8 Å². The molecule has 1 N–H and O–H groups in total. The summed E-state index contributed by atoms with van der Waals surface area (Å²) in [4.78, 5) is 22.1. The topological polar surface area (TPSA) is 46.2 Å². The van der Waals surface area contributed by atoms with Gasteiger partial charge in [-0.2, -0.15) is 0 Å². The van der Waals surface area contributed by atoms with Crippen molar-refractivity contribution in [2.45, 2.75) is 26.7 Å². The fourth-order valence-electron chi connectivity index (χ4n) is 1.61. The van der Waals surface area contributed by atoms with Crippen molar-refractivity contribution >= 4 is 11.8 Å². The van der Waals surface area contributed by atoms with Crippen LogP contribution < -0.4 is 5.32 Å². The second kappa shape index (κ2) is 3.03. The van der Waals surface area contributed by atoms with Crippen molar-refractivity contribution in [3.05, 3.63) is 0 Å². The normalized spacial score (nSPS) is 30.7. The molecule has 1 aliphatic heterocycles. The monoisotopic (exact) mass is 155 g/mol. The van der Waals surface area contributed by atoms with Crippen LogP contribution >= 0.6 is 0 Å². The Balaban J connectivity index is 2.74. The Morgan fingerprint density at radius 2 is 1.45 bits per heavy atom. The van der Waals surface area contributed by atoms with Crippen LogP contribution in [0.4, 0.5) is 0 Å². The first-order valence-corrected chi connectivity index (χ1v) is 4.05. The van der Waals surface area contributed by atoms with Crippen molar-refractivity contribution < 1.29 is 9.59 Å². The first kappa shape index (κ1) is 8.24. The molecule has 0 saturated carbocycles. The number of hydrogen-bond acceptors (Lipinski definition) is 2. The first-order valence-electron chi connectivity index (χ1n) is 4.05. The van der Waals surface area contributed by atoms with Gasteiger partial charge in [0.2, 0.25) is 11.8 Å². The predicted molar refractivity (Wildman–Crippen MR) is 40.7 cm³/mol. The van der Waals surface area contributed by atoms with E-state index in [1.807, 2.05) is 13.8 Å². The van der Waals surface area contributed by atoms with E-state index >= 15 is 0 Å². The minimum Gasteiger partial charge on any atom is -0.296 e. The van der Waals surface area contributed by atoms with E-state index in [9.17, 15) is 9.59 Å². The van der Waals surface area contributed by atoms with Gasteiger partial charge in [0.25, 0.3) is 0 Å². The Kier molecular flexibility index (Phi) is 2.27. The van der Waals surface area contributed by atoms with Gasteiger partial charge in [-0.15, -0.1) is 0 Å². The minimum absolute atomic E-state index is 0.0764. The molecular formula is C8H13NO2. The summed E-state index contributed by atoms with van der Waals surface area (Å²) in [6.45, 7) is 3.87. The third-order valence-electron chi connectivity index (χ3n) is 2.29. The van der Waals surface area contributed by atoms with Crippen molar-refractivity contribution in [1.82, 2.24) is 5.32 Å². The lowest BCUT2D eigenvalue weighted by Crippen LogP contribution is -2.22. The minimum atomic E-state index is -0.0932. The second-order valence-corrected chi connectivity index (χ2v) is 2.88. The third kappa shape index (κ3) is 1.27. The largest absolute Gasteiger partial charge is 0.296 e. The highest BCUT2D eigenvalue weighted by Gasteiger charge is 2.38. The van der Waals surface area contributed by atoms with Crippen LogP contribution in [0.3, 0.4) is 0 Å². The summed E-state index contributed by atoms with van der Waals surface area (Å²) in [5.41, 5.74) is 0. The third-order valence-corrected chi connectivity index (χ3v) is 2.29. The molecule has 0 aliphatic carbocycles. The van der Waals surface area contributed by atoms with Crippen molar-refractivity contribution in [2.75, 3.05) is 0 Å². The van der Waals surface area contributed by atoms with E-state index in [-0.39, 0.29) is 23.7 Å². The summed E-state index contributed by atoms with van der Waals surface area (Å²) in [5.74, 6) is -0.339. The lowest BCUT2D eigenvalue weighted by molar-refractivity contribution is -0.126. The molecule has 1 heterocycles. The number of amides is 2. The summed E-state index contributed by atoms with van der Waals surface area (Å²) < 4.78 is 0. The van der Waals surface area contributed by atoms with Gasteiger partial charge < -0.3 is 0 Å². The van der Waals surface area contributed by atoms with E-state index in [1.54, 1.807) is 0 Å². The molecule has 1 rings (SSSR count). The lowest BCUT2D eigenvalue weighted by Gasteiger charge is -2.09. The number of carbonyl (C=O) groups excluding carboxylic acids is 2. The molecule has 0 aromatic carbocycles. The molecule has 2 atom stereocenters. The second-order valence-electron chi connectivity index (χ2n) is 2.88. The lowest BCUT2D eigenvalue weighted by atomic mass is 9.91. The van der Waals surface area contributed by atoms with Gasteiger partial charge in [-0.25, -0.2) is 0 Å². The smallest absolute Gasteiger partial charge is 0.230 e. The molecule has 0 spiro atoms. The first-order chi connectivity index (χ1) is 5.20. The molecule has 2 amide bonds. The predicted octanol–water partition coefficient (Wildman–Crippen LogP) is 0.695. The summed E-state index contributed by atoms with van der Waals surface area (Å²) in [6, 6.07) is 0. The maximum Gasteiger partial charge on any atom is 0.230 e. The van der Waals surface area contributed by atoms with Crippen molar-refractivity contribution in [1.29, 1.82) is 0 Å². The molecule has 0 aromatic heterocycles. The molecule has 62 valence electrons. The van der Waals surface area contributed by atoms with Crippen molar-refractivity contribution in [2.24, 2.45) is 11.8 Å². The molecule has 1 saturated heterocycles. The van der Waals surface area contributed by atoms with Crippen LogP contribution in [0.25, 0.3) is 0 Å². The number of nitrogens with one attached hydrogen (secondary N) is 1. The zero-order valence-electron chi connectivity index (χ0n) is 6.89. The number of rotatable bonds is 2. The molecular weight excluding hydrogens is 142 g/mol. The Bertz CT molecular complexity index is 169. The van der Waals surface area contributed by atoms with Gasteiger partial charge in [0.05, 0.1) is 0 Å². The van der Waals surface area contributed by atoms with Crippen LogP contribution in [0, 0.1) is 11.8 Å². The van der Waals surface area contributed by atoms with Gasteiger partial charge in [0, 0.05) is 11.8 Å². The zero-order valence-corrected chi connectivity index (χ0v) is 6.89. The number of imide groups is 1. The van der Waals surface area contributed by atoms with E-state index in [2.05, 4.69) is 5.32 Å². The van der Waals surface area contributed by atoms with Gasteiger partial charge in [-0.3, -0.25) is 14.9 Å². The molecule has 0 unspecified atom stereocenters. The maximum absolute atomic E-state index is 11.1. The Hall–Kier alpha value is -0.860. The number of carbonyl (C=O) groups is 2. The molecule has 1 fully saturated rings. The summed E-state index contributed by atoms with van der Waals surface area (Å²) in [7, 11) is 0. The SMILES string of the molecule is CC[C@@H]1C(=O)NC(=O)[C@@H]1CC.